The molecule has 0 saturated carbocycles. The molecule has 2 nitrogen and oxygen atoms in total. The van der Waals surface area contributed by atoms with Crippen LogP contribution in [0.5, 0.6) is 0 Å². The first-order valence-corrected chi connectivity index (χ1v) is 4.42. The van der Waals surface area contributed by atoms with Gasteiger partial charge in [-0.15, -0.1) is 0 Å². The first-order valence-electron chi connectivity index (χ1n) is 4.42. The average molecular weight is 158 g/mol. The Hall–Kier alpha value is -0.530. The standard InChI is InChI=1S/C9H18O2/c1-3-5-8(6-4-2)7-9(10)11/h8H,3-7H2,1-2H3,(H,10,11). The van der Waals surface area contributed by atoms with Gasteiger partial charge in [0, 0.05) is 6.42 Å². The summed E-state index contributed by atoms with van der Waals surface area (Å²) in [6.45, 7) is 4.20. The van der Waals surface area contributed by atoms with E-state index in [1.165, 1.54) is 0 Å². The largest absolute Gasteiger partial charge is 0.481 e. The fourth-order valence-corrected chi connectivity index (χ4v) is 1.41. The molecule has 0 aliphatic heterocycles. The van der Waals surface area contributed by atoms with Gasteiger partial charge in [-0.1, -0.05) is 39.5 Å². The summed E-state index contributed by atoms with van der Waals surface area (Å²) in [5.74, 6) is -0.251. The lowest BCUT2D eigenvalue weighted by molar-refractivity contribution is -0.138. The van der Waals surface area contributed by atoms with E-state index in [1.807, 2.05) is 0 Å². The van der Waals surface area contributed by atoms with Gasteiger partial charge >= 0.3 is 5.97 Å². The van der Waals surface area contributed by atoms with Gasteiger partial charge in [0.2, 0.25) is 0 Å². The van der Waals surface area contributed by atoms with Crippen LogP contribution < -0.4 is 0 Å². The van der Waals surface area contributed by atoms with Crippen LogP contribution in [0.25, 0.3) is 0 Å². The van der Waals surface area contributed by atoms with Gasteiger partial charge in [-0.2, -0.15) is 0 Å². The number of aliphatic carboxylic acids is 1. The Morgan fingerprint density at radius 1 is 1.27 bits per heavy atom. The zero-order chi connectivity index (χ0) is 8.69. The summed E-state index contributed by atoms with van der Waals surface area (Å²) in [5.41, 5.74) is 0. The van der Waals surface area contributed by atoms with E-state index in [4.69, 9.17) is 5.11 Å². The number of hydrogen-bond acceptors (Lipinski definition) is 1. The van der Waals surface area contributed by atoms with Crippen molar-refractivity contribution in [3.63, 3.8) is 0 Å². The van der Waals surface area contributed by atoms with Crippen LogP contribution in [0, 0.1) is 5.92 Å². The van der Waals surface area contributed by atoms with Gasteiger partial charge in [-0.3, -0.25) is 4.79 Å². The highest BCUT2D eigenvalue weighted by Crippen LogP contribution is 2.16. The molecule has 0 aromatic rings. The number of hydrogen-bond donors (Lipinski definition) is 1. The number of carboxylic acid groups (broad SMARTS) is 1. The molecule has 11 heavy (non-hydrogen) atoms. The summed E-state index contributed by atoms with van der Waals surface area (Å²) < 4.78 is 0. The van der Waals surface area contributed by atoms with E-state index in [-0.39, 0.29) is 0 Å². The molecular weight excluding hydrogens is 140 g/mol. The number of rotatable bonds is 6. The molecule has 2 heteroatoms. The molecule has 0 atom stereocenters. The smallest absolute Gasteiger partial charge is 0.303 e. The second-order valence-corrected chi connectivity index (χ2v) is 3.04. The average Bonchev–Trinajstić information content (AvgIpc) is 1.87. The number of carboxylic acids is 1. The van der Waals surface area contributed by atoms with Crippen molar-refractivity contribution in [3.05, 3.63) is 0 Å². The topological polar surface area (TPSA) is 37.3 Å². The van der Waals surface area contributed by atoms with E-state index in [0.29, 0.717) is 12.3 Å². The van der Waals surface area contributed by atoms with Crippen LogP contribution in [0.3, 0.4) is 0 Å². The van der Waals surface area contributed by atoms with Crippen molar-refractivity contribution in [2.24, 2.45) is 5.92 Å². The molecule has 0 aliphatic carbocycles. The molecule has 0 spiro atoms. The Morgan fingerprint density at radius 3 is 2.00 bits per heavy atom. The second-order valence-electron chi connectivity index (χ2n) is 3.04. The fraction of sp³-hybridized carbons (Fsp3) is 0.889. The molecule has 0 amide bonds. The SMILES string of the molecule is CCCC(CCC)CC(=O)O. The molecule has 1 N–H and O–H groups in total. The summed E-state index contributed by atoms with van der Waals surface area (Å²) in [4.78, 5) is 10.4. The monoisotopic (exact) mass is 158 g/mol. The van der Waals surface area contributed by atoms with Crippen molar-refractivity contribution in [1.82, 2.24) is 0 Å². The Labute approximate surface area is 68.6 Å². The molecular formula is C9H18O2. The van der Waals surface area contributed by atoms with E-state index < -0.39 is 5.97 Å². The lowest BCUT2D eigenvalue weighted by Crippen LogP contribution is -2.07. The van der Waals surface area contributed by atoms with E-state index in [0.717, 1.165) is 25.7 Å². The van der Waals surface area contributed by atoms with Gasteiger partial charge in [0.1, 0.15) is 0 Å². The van der Waals surface area contributed by atoms with Crippen molar-refractivity contribution in [2.75, 3.05) is 0 Å². The van der Waals surface area contributed by atoms with E-state index >= 15 is 0 Å². The molecule has 0 heterocycles. The lowest BCUT2D eigenvalue weighted by atomic mass is 9.95. The highest BCUT2D eigenvalue weighted by molar-refractivity contribution is 5.66. The van der Waals surface area contributed by atoms with Gasteiger partial charge in [-0.05, 0) is 5.92 Å². The van der Waals surface area contributed by atoms with Gasteiger partial charge in [0.15, 0.2) is 0 Å². The van der Waals surface area contributed by atoms with E-state index in [9.17, 15) is 4.79 Å². The molecule has 66 valence electrons. The lowest BCUT2D eigenvalue weighted by Gasteiger charge is -2.11. The summed E-state index contributed by atoms with van der Waals surface area (Å²) in [6, 6.07) is 0. The zero-order valence-electron chi connectivity index (χ0n) is 7.47. The normalized spacial score (nSPS) is 10.5. The third-order valence-electron chi connectivity index (χ3n) is 1.86. The molecule has 0 radical (unpaired) electrons. The maximum absolute atomic E-state index is 10.4. The second kappa shape index (κ2) is 6.20. The molecule has 0 aromatic carbocycles. The number of carbonyl (C=O) groups is 1. The van der Waals surface area contributed by atoms with Crippen molar-refractivity contribution in [3.8, 4) is 0 Å². The van der Waals surface area contributed by atoms with Crippen LogP contribution in [-0.4, -0.2) is 11.1 Å². The van der Waals surface area contributed by atoms with Gasteiger partial charge in [0.25, 0.3) is 0 Å². The maximum atomic E-state index is 10.4. The van der Waals surface area contributed by atoms with Crippen LogP contribution in [-0.2, 0) is 4.79 Å². The fourth-order valence-electron chi connectivity index (χ4n) is 1.41. The predicted molar refractivity (Wildman–Crippen MR) is 45.6 cm³/mol. The van der Waals surface area contributed by atoms with Crippen LogP contribution in [0.2, 0.25) is 0 Å². The molecule has 0 aromatic heterocycles. The zero-order valence-corrected chi connectivity index (χ0v) is 7.47. The summed E-state index contributed by atoms with van der Waals surface area (Å²) in [5, 5.41) is 8.54. The molecule has 0 fully saturated rings. The molecule has 0 aliphatic rings. The predicted octanol–water partition coefficient (Wildman–Crippen LogP) is 2.68. The Balaban J connectivity index is 3.59. The van der Waals surface area contributed by atoms with Gasteiger partial charge < -0.3 is 5.11 Å². The van der Waals surface area contributed by atoms with Gasteiger partial charge in [-0.25, -0.2) is 0 Å². The highest BCUT2D eigenvalue weighted by Gasteiger charge is 2.10. The summed E-state index contributed by atoms with van der Waals surface area (Å²) in [7, 11) is 0. The summed E-state index contributed by atoms with van der Waals surface area (Å²) >= 11 is 0. The van der Waals surface area contributed by atoms with Crippen LogP contribution in [0.15, 0.2) is 0 Å². The molecule has 0 saturated heterocycles. The molecule has 0 unspecified atom stereocenters. The van der Waals surface area contributed by atoms with Gasteiger partial charge in [0.05, 0.1) is 0 Å². The van der Waals surface area contributed by atoms with E-state index in [1.54, 1.807) is 0 Å². The highest BCUT2D eigenvalue weighted by atomic mass is 16.4. The minimum Gasteiger partial charge on any atom is -0.481 e. The van der Waals surface area contributed by atoms with Crippen molar-refractivity contribution >= 4 is 5.97 Å². The first kappa shape index (κ1) is 10.5. The molecule has 0 bridgehead atoms. The Bertz CT molecular complexity index is 104. The van der Waals surface area contributed by atoms with Crippen LogP contribution in [0.4, 0.5) is 0 Å². The maximum Gasteiger partial charge on any atom is 0.303 e. The third-order valence-corrected chi connectivity index (χ3v) is 1.86. The first-order chi connectivity index (χ1) is 5.20. The van der Waals surface area contributed by atoms with Crippen LogP contribution in [0.1, 0.15) is 46.0 Å². The minimum absolute atomic E-state index is 0.349. The van der Waals surface area contributed by atoms with Crippen molar-refractivity contribution in [1.29, 1.82) is 0 Å². The van der Waals surface area contributed by atoms with Crippen LogP contribution >= 0.6 is 0 Å². The Morgan fingerprint density at radius 2 is 1.73 bits per heavy atom. The minimum atomic E-state index is -0.656. The quantitative estimate of drug-likeness (QED) is 0.645. The molecule has 0 rings (SSSR count). The summed E-state index contributed by atoms with van der Waals surface area (Å²) in [6.07, 6.45) is 4.65. The van der Waals surface area contributed by atoms with Crippen molar-refractivity contribution in [2.45, 2.75) is 46.0 Å². The van der Waals surface area contributed by atoms with E-state index in [2.05, 4.69) is 13.8 Å². The van der Waals surface area contributed by atoms with Crippen molar-refractivity contribution < 1.29 is 9.90 Å². The Kier molecular flexibility index (Phi) is 5.90. The third kappa shape index (κ3) is 5.89.